The molecule has 0 fully saturated rings. The van der Waals surface area contributed by atoms with Gasteiger partial charge in [-0.05, 0) is 37.0 Å². The summed E-state index contributed by atoms with van der Waals surface area (Å²) in [7, 11) is 0. The van der Waals surface area contributed by atoms with Gasteiger partial charge in [0.25, 0.3) is 0 Å². The molecule has 14 heavy (non-hydrogen) atoms. The summed E-state index contributed by atoms with van der Waals surface area (Å²) in [5, 5.41) is 0. The zero-order chi connectivity index (χ0) is 10.7. The first-order valence-corrected chi connectivity index (χ1v) is 5.87. The number of benzene rings is 1. The van der Waals surface area contributed by atoms with Gasteiger partial charge in [0.2, 0.25) is 0 Å². The lowest BCUT2D eigenvalue weighted by Crippen LogP contribution is -2.10. The van der Waals surface area contributed by atoms with Crippen LogP contribution in [0.2, 0.25) is 0 Å². The van der Waals surface area contributed by atoms with Gasteiger partial charge in [0, 0.05) is 10.5 Å². The monoisotopic (exact) mass is 255 g/mol. The van der Waals surface area contributed by atoms with E-state index in [-0.39, 0.29) is 6.04 Å². The van der Waals surface area contributed by atoms with Crippen molar-refractivity contribution in [3.63, 3.8) is 0 Å². The smallest absolute Gasteiger partial charge is 0.0294 e. The molecule has 0 saturated carbocycles. The molecule has 1 rings (SSSR count). The lowest BCUT2D eigenvalue weighted by Gasteiger charge is -2.14. The van der Waals surface area contributed by atoms with E-state index in [0.717, 1.165) is 12.8 Å². The molecule has 1 aromatic rings. The second kappa shape index (κ2) is 4.94. The molecule has 0 radical (unpaired) electrons. The Bertz CT molecular complexity index is 297. The van der Waals surface area contributed by atoms with Crippen LogP contribution in [0.25, 0.3) is 0 Å². The summed E-state index contributed by atoms with van der Waals surface area (Å²) in [5.74, 6) is 0. The van der Waals surface area contributed by atoms with Crippen LogP contribution in [-0.4, -0.2) is 0 Å². The molecule has 0 unspecified atom stereocenters. The highest BCUT2D eigenvalue weighted by molar-refractivity contribution is 9.10. The predicted molar refractivity (Wildman–Crippen MR) is 65.5 cm³/mol. The summed E-state index contributed by atoms with van der Waals surface area (Å²) in [6.45, 7) is 6.39. The van der Waals surface area contributed by atoms with Crippen molar-refractivity contribution in [1.29, 1.82) is 0 Å². The molecule has 1 atom stereocenters. The molecule has 1 aromatic carbocycles. The van der Waals surface area contributed by atoms with E-state index in [1.165, 1.54) is 21.2 Å². The van der Waals surface area contributed by atoms with E-state index in [1.807, 2.05) is 0 Å². The summed E-state index contributed by atoms with van der Waals surface area (Å²) in [6, 6.07) is 4.54. The highest BCUT2D eigenvalue weighted by Crippen LogP contribution is 2.26. The van der Waals surface area contributed by atoms with Gasteiger partial charge in [0.05, 0.1) is 0 Å². The average molecular weight is 256 g/mol. The minimum atomic E-state index is 0.186. The number of nitrogens with two attached hydrogens (primary N) is 1. The Hall–Kier alpha value is -0.340. The molecule has 1 nitrogen and oxygen atoms in total. The molecule has 0 bridgehead atoms. The Morgan fingerprint density at radius 2 is 1.79 bits per heavy atom. The lowest BCUT2D eigenvalue weighted by atomic mass is 9.99. The topological polar surface area (TPSA) is 26.0 Å². The molecule has 2 N–H and O–H groups in total. The predicted octanol–water partition coefficient (Wildman–Crippen LogP) is 3.87. The molecule has 2 heteroatoms. The maximum absolute atomic E-state index is 6.08. The molecule has 0 aromatic heterocycles. The van der Waals surface area contributed by atoms with Crippen molar-refractivity contribution in [1.82, 2.24) is 0 Å². The summed E-state index contributed by atoms with van der Waals surface area (Å²) in [6.07, 6.45) is 2.19. The fourth-order valence-corrected chi connectivity index (χ4v) is 1.90. The van der Waals surface area contributed by atoms with E-state index in [0.29, 0.717) is 0 Å². The first-order chi connectivity index (χ1) is 6.56. The minimum Gasteiger partial charge on any atom is -0.324 e. The van der Waals surface area contributed by atoms with Crippen LogP contribution < -0.4 is 5.73 Å². The zero-order valence-corrected chi connectivity index (χ0v) is 10.7. The quantitative estimate of drug-likeness (QED) is 0.872. The fourth-order valence-electron chi connectivity index (χ4n) is 1.67. The highest BCUT2D eigenvalue weighted by Gasteiger charge is 2.08. The molecule has 0 aliphatic heterocycles. The SMILES string of the molecule is CCC[C@H](N)c1cc(C)c(Br)c(C)c1. The fraction of sp³-hybridized carbons (Fsp3) is 0.500. The number of rotatable bonds is 3. The Kier molecular flexibility index (Phi) is 4.14. The molecular weight excluding hydrogens is 238 g/mol. The van der Waals surface area contributed by atoms with Gasteiger partial charge in [-0.3, -0.25) is 0 Å². The molecule has 0 amide bonds. The number of hydrogen-bond donors (Lipinski definition) is 1. The molecular formula is C12H18BrN. The van der Waals surface area contributed by atoms with Gasteiger partial charge in [0.15, 0.2) is 0 Å². The van der Waals surface area contributed by atoms with E-state index < -0.39 is 0 Å². The summed E-state index contributed by atoms with van der Waals surface area (Å²) in [5.41, 5.74) is 9.87. The largest absolute Gasteiger partial charge is 0.324 e. The Balaban J connectivity index is 3.00. The van der Waals surface area contributed by atoms with Crippen LogP contribution in [-0.2, 0) is 0 Å². The van der Waals surface area contributed by atoms with Crippen molar-refractivity contribution in [2.75, 3.05) is 0 Å². The Labute approximate surface area is 94.8 Å². The van der Waals surface area contributed by atoms with E-state index in [4.69, 9.17) is 5.73 Å². The van der Waals surface area contributed by atoms with Crippen LogP contribution in [0.4, 0.5) is 0 Å². The van der Waals surface area contributed by atoms with E-state index in [1.54, 1.807) is 0 Å². The third kappa shape index (κ3) is 2.58. The van der Waals surface area contributed by atoms with Crippen molar-refractivity contribution >= 4 is 15.9 Å². The van der Waals surface area contributed by atoms with Gasteiger partial charge < -0.3 is 5.73 Å². The third-order valence-electron chi connectivity index (χ3n) is 2.49. The molecule has 0 saturated heterocycles. The van der Waals surface area contributed by atoms with Gasteiger partial charge in [-0.15, -0.1) is 0 Å². The zero-order valence-electron chi connectivity index (χ0n) is 9.10. The highest BCUT2D eigenvalue weighted by atomic mass is 79.9. The average Bonchev–Trinajstić information content (AvgIpc) is 2.13. The lowest BCUT2D eigenvalue weighted by molar-refractivity contribution is 0.637. The summed E-state index contributed by atoms with van der Waals surface area (Å²) < 4.78 is 1.20. The third-order valence-corrected chi connectivity index (χ3v) is 3.74. The maximum Gasteiger partial charge on any atom is 0.0294 e. The van der Waals surface area contributed by atoms with Crippen molar-refractivity contribution in [3.05, 3.63) is 33.3 Å². The van der Waals surface area contributed by atoms with Gasteiger partial charge in [-0.1, -0.05) is 41.4 Å². The Morgan fingerprint density at radius 3 is 2.21 bits per heavy atom. The number of hydrogen-bond acceptors (Lipinski definition) is 1. The number of aryl methyl sites for hydroxylation is 2. The second-order valence-corrected chi connectivity index (χ2v) is 4.66. The van der Waals surface area contributed by atoms with Crippen LogP contribution in [0.5, 0.6) is 0 Å². The van der Waals surface area contributed by atoms with Crippen molar-refractivity contribution in [2.45, 2.75) is 39.7 Å². The van der Waals surface area contributed by atoms with Gasteiger partial charge >= 0.3 is 0 Å². The minimum absolute atomic E-state index is 0.186. The van der Waals surface area contributed by atoms with Gasteiger partial charge in [-0.2, -0.15) is 0 Å². The Morgan fingerprint density at radius 1 is 1.29 bits per heavy atom. The summed E-state index contributed by atoms with van der Waals surface area (Å²) >= 11 is 3.56. The van der Waals surface area contributed by atoms with Crippen molar-refractivity contribution in [2.24, 2.45) is 5.73 Å². The van der Waals surface area contributed by atoms with E-state index >= 15 is 0 Å². The van der Waals surface area contributed by atoms with E-state index in [9.17, 15) is 0 Å². The van der Waals surface area contributed by atoms with Crippen LogP contribution >= 0.6 is 15.9 Å². The molecule has 0 aliphatic carbocycles. The second-order valence-electron chi connectivity index (χ2n) is 3.86. The summed E-state index contributed by atoms with van der Waals surface area (Å²) in [4.78, 5) is 0. The van der Waals surface area contributed by atoms with Crippen molar-refractivity contribution in [3.8, 4) is 0 Å². The van der Waals surface area contributed by atoms with E-state index in [2.05, 4.69) is 48.8 Å². The van der Waals surface area contributed by atoms with Crippen LogP contribution in [0.3, 0.4) is 0 Å². The van der Waals surface area contributed by atoms with Crippen LogP contribution in [0.15, 0.2) is 16.6 Å². The molecule has 78 valence electrons. The first kappa shape index (κ1) is 11.7. The van der Waals surface area contributed by atoms with Crippen LogP contribution in [0.1, 0.15) is 42.5 Å². The molecule has 0 spiro atoms. The maximum atomic E-state index is 6.08. The number of halogens is 1. The standard InChI is InChI=1S/C12H18BrN/c1-4-5-11(14)10-6-8(2)12(13)9(3)7-10/h6-7,11H,4-5,14H2,1-3H3/t11-/m0/s1. The first-order valence-electron chi connectivity index (χ1n) is 5.08. The molecule has 0 aliphatic rings. The van der Waals surface area contributed by atoms with Gasteiger partial charge in [-0.25, -0.2) is 0 Å². The van der Waals surface area contributed by atoms with Gasteiger partial charge in [0.1, 0.15) is 0 Å². The van der Waals surface area contributed by atoms with Crippen molar-refractivity contribution < 1.29 is 0 Å². The normalized spacial score (nSPS) is 12.9. The molecule has 0 heterocycles. The van der Waals surface area contributed by atoms with Crippen LogP contribution in [0, 0.1) is 13.8 Å².